The lowest BCUT2D eigenvalue weighted by atomic mass is 9.83. The number of halogens is 1. The summed E-state index contributed by atoms with van der Waals surface area (Å²) in [5.74, 6) is 0.0909. The van der Waals surface area contributed by atoms with Crippen molar-refractivity contribution in [1.29, 1.82) is 0 Å². The number of nitrogens with zero attached hydrogens (tertiary/aromatic N) is 1. The van der Waals surface area contributed by atoms with Crippen LogP contribution in [-0.2, 0) is 12.0 Å². The van der Waals surface area contributed by atoms with E-state index >= 15 is 0 Å². The Balaban J connectivity index is 2.51. The minimum absolute atomic E-state index is 0.0345. The van der Waals surface area contributed by atoms with Crippen molar-refractivity contribution < 1.29 is 15.0 Å². The first-order valence-corrected chi connectivity index (χ1v) is 8.97. The van der Waals surface area contributed by atoms with Gasteiger partial charge in [0, 0.05) is 40.4 Å². The fourth-order valence-corrected chi connectivity index (χ4v) is 2.95. The van der Waals surface area contributed by atoms with E-state index in [1.165, 1.54) is 0 Å². The molecule has 4 nitrogen and oxygen atoms in total. The topological polar surface area (TPSA) is 60.8 Å². The molecule has 5 heteroatoms. The molecule has 0 bridgehead atoms. The summed E-state index contributed by atoms with van der Waals surface area (Å²) in [5, 5.41) is 20.4. The Morgan fingerprint density at radius 2 is 1.73 bits per heavy atom. The molecule has 2 rings (SSSR count). The molecule has 0 radical (unpaired) electrons. The second-order valence-electron chi connectivity index (χ2n) is 7.58. The zero-order valence-electron chi connectivity index (χ0n) is 15.7. The third-order valence-electron chi connectivity index (χ3n) is 4.29. The van der Waals surface area contributed by atoms with E-state index in [1.807, 2.05) is 32.7 Å². The molecule has 0 saturated carbocycles. The highest BCUT2D eigenvalue weighted by atomic mass is 35.5. The van der Waals surface area contributed by atoms with Crippen LogP contribution in [0.1, 0.15) is 47.8 Å². The van der Waals surface area contributed by atoms with Crippen molar-refractivity contribution in [1.82, 2.24) is 4.90 Å². The van der Waals surface area contributed by atoms with Crippen LogP contribution in [0.4, 0.5) is 0 Å². The molecule has 0 saturated heterocycles. The molecule has 2 N–H and O–H groups in total. The van der Waals surface area contributed by atoms with Gasteiger partial charge in [-0.2, -0.15) is 0 Å². The fraction of sp³-hybridized carbons (Fsp3) is 0.381. The SMILES string of the molecule is CN(CCO)Cc1cc(C(=O)c2ccc(Cl)cc2)cc(C(C)(C)C)c1O. The smallest absolute Gasteiger partial charge is 0.193 e. The summed E-state index contributed by atoms with van der Waals surface area (Å²) in [5.41, 5.74) is 2.16. The Morgan fingerprint density at radius 1 is 1.12 bits per heavy atom. The molecule has 0 amide bonds. The van der Waals surface area contributed by atoms with E-state index in [1.54, 1.807) is 36.4 Å². The van der Waals surface area contributed by atoms with Gasteiger partial charge in [0.2, 0.25) is 0 Å². The van der Waals surface area contributed by atoms with Crippen molar-refractivity contribution in [2.45, 2.75) is 32.7 Å². The molecule has 0 heterocycles. The van der Waals surface area contributed by atoms with Crippen molar-refractivity contribution >= 4 is 17.4 Å². The van der Waals surface area contributed by atoms with Gasteiger partial charge in [-0.1, -0.05) is 32.4 Å². The number of phenolic OH excluding ortho intramolecular Hbond substituents is 1. The van der Waals surface area contributed by atoms with Gasteiger partial charge in [-0.15, -0.1) is 0 Å². The Labute approximate surface area is 160 Å². The third kappa shape index (κ3) is 4.85. The first kappa shape index (κ1) is 20.4. The maximum Gasteiger partial charge on any atom is 0.193 e. The van der Waals surface area contributed by atoms with E-state index in [0.717, 1.165) is 5.56 Å². The summed E-state index contributed by atoms with van der Waals surface area (Å²) in [7, 11) is 1.86. The van der Waals surface area contributed by atoms with Crippen LogP contribution in [0.25, 0.3) is 0 Å². The fourth-order valence-electron chi connectivity index (χ4n) is 2.83. The Morgan fingerprint density at radius 3 is 2.27 bits per heavy atom. The lowest BCUT2D eigenvalue weighted by Gasteiger charge is -2.25. The van der Waals surface area contributed by atoms with E-state index in [0.29, 0.717) is 34.8 Å². The molecular weight excluding hydrogens is 350 g/mol. The minimum atomic E-state index is -0.315. The molecule has 0 aromatic heterocycles. The molecule has 0 aliphatic carbocycles. The van der Waals surface area contributed by atoms with Crippen molar-refractivity contribution in [2.75, 3.05) is 20.2 Å². The molecule has 0 atom stereocenters. The number of aromatic hydroxyl groups is 1. The summed E-state index contributed by atoms with van der Waals surface area (Å²) in [6.45, 7) is 6.96. The quantitative estimate of drug-likeness (QED) is 0.749. The van der Waals surface area contributed by atoms with Crippen LogP contribution >= 0.6 is 11.6 Å². The van der Waals surface area contributed by atoms with Gasteiger partial charge >= 0.3 is 0 Å². The van der Waals surface area contributed by atoms with E-state index in [4.69, 9.17) is 16.7 Å². The Kier molecular flexibility index (Phi) is 6.45. The van der Waals surface area contributed by atoms with E-state index in [-0.39, 0.29) is 23.6 Å². The number of benzene rings is 2. The number of phenols is 1. The predicted molar refractivity (Wildman–Crippen MR) is 105 cm³/mol. The number of hydrogen-bond acceptors (Lipinski definition) is 4. The predicted octanol–water partition coefficient (Wildman–Crippen LogP) is 4.00. The van der Waals surface area contributed by atoms with Gasteiger partial charge in [-0.3, -0.25) is 9.69 Å². The third-order valence-corrected chi connectivity index (χ3v) is 4.54. The van der Waals surface area contributed by atoms with Crippen LogP contribution in [0, 0.1) is 0 Å². The molecule has 2 aromatic rings. The Bertz CT molecular complexity index is 779. The van der Waals surface area contributed by atoms with Crippen molar-refractivity contribution in [2.24, 2.45) is 0 Å². The highest BCUT2D eigenvalue weighted by Gasteiger charge is 2.24. The van der Waals surface area contributed by atoms with Crippen LogP contribution < -0.4 is 0 Å². The maximum atomic E-state index is 12.9. The molecule has 2 aromatic carbocycles. The van der Waals surface area contributed by atoms with E-state index < -0.39 is 0 Å². The standard InChI is InChI=1S/C21H26ClNO3/c1-21(2,3)18-12-15(19(25)14-5-7-17(22)8-6-14)11-16(20(18)26)13-23(4)9-10-24/h5-8,11-12,24,26H,9-10,13H2,1-4H3. The van der Waals surface area contributed by atoms with Crippen molar-refractivity contribution in [3.63, 3.8) is 0 Å². The van der Waals surface area contributed by atoms with Gasteiger partial charge in [-0.05, 0) is 48.9 Å². The average Bonchev–Trinajstić information content (AvgIpc) is 2.56. The van der Waals surface area contributed by atoms with Gasteiger partial charge < -0.3 is 10.2 Å². The lowest BCUT2D eigenvalue weighted by Crippen LogP contribution is -2.22. The molecule has 0 aliphatic rings. The van der Waals surface area contributed by atoms with Gasteiger partial charge in [0.05, 0.1) is 6.61 Å². The number of aliphatic hydroxyl groups is 1. The number of likely N-dealkylation sites (N-methyl/N-ethyl adjacent to an activating group) is 1. The van der Waals surface area contributed by atoms with Crippen LogP contribution in [0.3, 0.4) is 0 Å². The van der Waals surface area contributed by atoms with Gasteiger partial charge in [0.1, 0.15) is 5.75 Å². The monoisotopic (exact) mass is 375 g/mol. The summed E-state index contributed by atoms with van der Waals surface area (Å²) < 4.78 is 0. The van der Waals surface area contributed by atoms with Gasteiger partial charge in [0.25, 0.3) is 0 Å². The number of hydrogen-bond donors (Lipinski definition) is 2. The highest BCUT2D eigenvalue weighted by Crippen LogP contribution is 2.35. The number of carbonyl (C=O) groups excluding carboxylic acids is 1. The van der Waals surface area contributed by atoms with E-state index in [2.05, 4.69) is 0 Å². The first-order valence-electron chi connectivity index (χ1n) is 8.59. The number of carbonyl (C=O) groups is 1. The molecular formula is C21H26ClNO3. The minimum Gasteiger partial charge on any atom is -0.507 e. The number of ketones is 1. The van der Waals surface area contributed by atoms with Crippen LogP contribution in [0.2, 0.25) is 5.02 Å². The van der Waals surface area contributed by atoms with Gasteiger partial charge in [-0.25, -0.2) is 0 Å². The second kappa shape index (κ2) is 8.21. The van der Waals surface area contributed by atoms with Crippen molar-refractivity contribution in [3.8, 4) is 5.75 Å². The largest absolute Gasteiger partial charge is 0.507 e. The van der Waals surface area contributed by atoms with Crippen LogP contribution in [0.15, 0.2) is 36.4 Å². The second-order valence-corrected chi connectivity index (χ2v) is 8.02. The zero-order valence-corrected chi connectivity index (χ0v) is 16.5. The summed E-state index contributed by atoms with van der Waals surface area (Å²) in [6, 6.07) is 10.3. The first-order chi connectivity index (χ1) is 12.1. The van der Waals surface area contributed by atoms with Crippen LogP contribution in [-0.4, -0.2) is 41.1 Å². The van der Waals surface area contributed by atoms with E-state index in [9.17, 15) is 9.90 Å². The van der Waals surface area contributed by atoms with Gasteiger partial charge in [0.15, 0.2) is 5.78 Å². The molecule has 0 spiro atoms. The lowest BCUT2D eigenvalue weighted by molar-refractivity contribution is 0.103. The summed E-state index contributed by atoms with van der Waals surface area (Å²) in [4.78, 5) is 14.8. The zero-order chi connectivity index (χ0) is 19.5. The van der Waals surface area contributed by atoms with Crippen molar-refractivity contribution in [3.05, 3.63) is 63.7 Å². The van der Waals surface area contributed by atoms with Crippen LogP contribution in [0.5, 0.6) is 5.75 Å². The normalized spacial score (nSPS) is 11.8. The molecule has 26 heavy (non-hydrogen) atoms. The number of rotatable bonds is 6. The molecule has 0 unspecified atom stereocenters. The maximum absolute atomic E-state index is 12.9. The molecule has 140 valence electrons. The number of aliphatic hydroxyl groups excluding tert-OH is 1. The average molecular weight is 376 g/mol. The molecule has 0 aliphatic heterocycles. The summed E-state index contributed by atoms with van der Waals surface area (Å²) >= 11 is 5.91. The molecule has 0 fully saturated rings. The summed E-state index contributed by atoms with van der Waals surface area (Å²) in [6.07, 6.45) is 0. The highest BCUT2D eigenvalue weighted by molar-refractivity contribution is 6.30. The Hall–Kier alpha value is -1.88.